The summed E-state index contributed by atoms with van der Waals surface area (Å²) in [6, 6.07) is 16.1. The number of hydrogen-bond donors (Lipinski definition) is 1. The van der Waals surface area contributed by atoms with E-state index in [4.69, 9.17) is 4.74 Å². The van der Waals surface area contributed by atoms with Crippen LogP contribution < -0.4 is 19.9 Å². The van der Waals surface area contributed by atoms with Gasteiger partial charge in [-0.2, -0.15) is 0 Å². The van der Waals surface area contributed by atoms with Crippen molar-refractivity contribution in [2.75, 3.05) is 43.1 Å². The van der Waals surface area contributed by atoms with Crippen LogP contribution in [0.4, 0.5) is 11.4 Å². The minimum absolute atomic E-state index is 0.00607. The molecule has 2 aromatic carbocycles. The summed E-state index contributed by atoms with van der Waals surface area (Å²) in [5.74, 6) is 1.66. The molecule has 0 atom stereocenters. The number of amides is 1. The van der Waals surface area contributed by atoms with Gasteiger partial charge in [-0.15, -0.1) is 0 Å². The third kappa shape index (κ3) is 3.47. The van der Waals surface area contributed by atoms with Crippen molar-refractivity contribution in [1.82, 2.24) is 5.32 Å². The molecule has 6 nitrogen and oxygen atoms in total. The second kappa shape index (κ2) is 7.70. The van der Waals surface area contributed by atoms with E-state index in [0.717, 1.165) is 43.3 Å². The van der Waals surface area contributed by atoms with Gasteiger partial charge in [-0.1, -0.05) is 30.3 Å². The molecule has 0 bridgehead atoms. The predicted molar refractivity (Wildman–Crippen MR) is 108 cm³/mol. The van der Waals surface area contributed by atoms with Crippen molar-refractivity contribution in [3.63, 3.8) is 0 Å². The second-order valence-electron chi connectivity index (χ2n) is 6.66. The van der Waals surface area contributed by atoms with E-state index in [2.05, 4.69) is 39.5 Å². The highest BCUT2D eigenvalue weighted by atomic mass is 16.5. The number of para-hydroxylation sites is 3. The fourth-order valence-corrected chi connectivity index (χ4v) is 3.69. The lowest BCUT2D eigenvalue weighted by atomic mass is 10.2. The fourth-order valence-electron chi connectivity index (χ4n) is 3.69. The van der Waals surface area contributed by atoms with E-state index in [9.17, 15) is 4.79 Å². The first-order valence-corrected chi connectivity index (χ1v) is 9.36. The van der Waals surface area contributed by atoms with Crippen LogP contribution in [0, 0.1) is 0 Å². The fraction of sp³-hybridized carbons (Fsp3) is 0.333. The summed E-state index contributed by atoms with van der Waals surface area (Å²) in [4.78, 5) is 20.7. The average Bonchev–Trinajstić information content (AvgIpc) is 3.13. The average molecular weight is 364 g/mol. The predicted octanol–water partition coefficient (Wildman–Crippen LogP) is 2.44. The molecule has 0 unspecified atom stereocenters. The Morgan fingerprint density at radius 2 is 1.93 bits per heavy atom. The smallest absolute Gasteiger partial charge is 0.265 e. The molecule has 2 aromatic rings. The minimum Gasteiger partial charge on any atom is -0.482 e. The number of benzene rings is 2. The van der Waals surface area contributed by atoms with Crippen molar-refractivity contribution in [3.05, 3.63) is 54.1 Å². The van der Waals surface area contributed by atoms with Gasteiger partial charge in [0.2, 0.25) is 0 Å². The minimum atomic E-state index is 0.00607. The van der Waals surface area contributed by atoms with Crippen LogP contribution in [0.1, 0.15) is 12.0 Å². The van der Waals surface area contributed by atoms with Crippen molar-refractivity contribution in [2.24, 2.45) is 4.99 Å². The molecule has 0 spiro atoms. The highest BCUT2D eigenvalue weighted by molar-refractivity contribution is 5.98. The lowest BCUT2D eigenvalue weighted by Crippen LogP contribution is -2.43. The monoisotopic (exact) mass is 364 g/mol. The third-order valence-corrected chi connectivity index (χ3v) is 5.00. The van der Waals surface area contributed by atoms with Gasteiger partial charge in [-0.25, -0.2) is 0 Å². The van der Waals surface area contributed by atoms with E-state index < -0.39 is 0 Å². The van der Waals surface area contributed by atoms with Crippen LogP contribution in [0.5, 0.6) is 5.75 Å². The van der Waals surface area contributed by atoms with Gasteiger partial charge in [0.15, 0.2) is 12.6 Å². The first kappa shape index (κ1) is 17.4. The van der Waals surface area contributed by atoms with Crippen LogP contribution in [-0.2, 0) is 11.2 Å². The number of carbonyl (C=O) groups excluding carboxylic acids is 1. The van der Waals surface area contributed by atoms with Gasteiger partial charge < -0.3 is 19.9 Å². The number of rotatable bonds is 4. The molecular formula is C21H24N4O2. The molecule has 0 saturated heterocycles. The molecule has 140 valence electrons. The normalized spacial score (nSPS) is 16.0. The molecule has 0 aliphatic carbocycles. The van der Waals surface area contributed by atoms with Crippen LogP contribution in [0.25, 0.3) is 0 Å². The maximum absolute atomic E-state index is 12.2. The molecule has 6 heteroatoms. The standard InChI is InChI=1S/C21H24N4O2/c1-22-21(25-14-11-16-7-2-3-8-17(16)25)23-12-6-13-24-18-9-4-5-10-19(18)27-15-20(24)26/h2-5,7-10H,6,11-15H2,1H3,(H,22,23). The van der Waals surface area contributed by atoms with Crippen molar-refractivity contribution in [2.45, 2.75) is 12.8 Å². The topological polar surface area (TPSA) is 57.2 Å². The highest BCUT2D eigenvalue weighted by Gasteiger charge is 2.25. The van der Waals surface area contributed by atoms with Gasteiger partial charge in [0.05, 0.1) is 5.69 Å². The molecule has 27 heavy (non-hydrogen) atoms. The number of fused-ring (bicyclic) bond motifs is 2. The van der Waals surface area contributed by atoms with E-state index in [1.54, 1.807) is 0 Å². The quantitative estimate of drug-likeness (QED) is 0.514. The summed E-state index contributed by atoms with van der Waals surface area (Å²) in [7, 11) is 1.81. The van der Waals surface area contributed by atoms with Gasteiger partial charge in [0.25, 0.3) is 5.91 Å². The number of guanidine groups is 1. The van der Waals surface area contributed by atoms with Crippen molar-refractivity contribution in [3.8, 4) is 5.75 Å². The van der Waals surface area contributed by atoms with E-state index in [0.29, 0.717) is 6.54 Å². The number of ether oxygens (including phenoxy) is 1. The van der Waals surface area contributed by atoms with Gasteiger partial charge in [0, 0.05) is 32.4 Å². The molecular weight excluding hydrogens is 340 g/mol. The largest absolute Gasteiger partial charge is 0.482 e. The Hall–Kier alpha value is -3.02. The Bertz CT molecular complexity index is 865. The molecule has 4 rings (SSSR count). The zero-order valence-electron chi connectivity index (χ0n) is 15.5. The Morgan fingerprint density at radius 1 is 1.15 bits per heavy atom. The molecule has 0 aromatic heterocycles. The van der Waals surface area contributed by atoms with Crippen molar-refractivity contribution in [1.29, 1.82) is 0 Å². The maximum atomic E-state index is 12.2. The van der Waals surface area contributed by atoms with Crippen LogP contribution >= 0.6 is 0 Å². The summed E-state index contributed by atoms with van der Waals surface area (Å²) in [5, 5.41) is 3.44. The molecule has 0 saturated carbocycles. The van der Waals surface area contributed by atoms with Gasteiger partial charge >= 0.3 is 0 Å². The summed E-state index contributed by atoms with van der Waals surface area (Å²) in [5.41, 5.74) is 3.44. The number of nitrogens with zero attached hydrogens (tertiary/aromatic N) is 3. The second-order valence-corrected chi connectivity index (χ2v) is 6.66. The Morgan fingerprint density at radius 3 is 2.78 bits per heavy atom. The van der Waals surface area contributed by atoms with E-state index in [1.807, 2.05) is 36.2 Å². The van der Waals surface area contributed by atoms with Crippen LogP contribution in [-0.4, -0.2) is 45.2 Å². The van der Waals surface area contributed by atoms with Crippen molar-refractivity contribution >= 4 is 23.2 Å². The molecule has 2 aliphatic rings. The maximum Gasteiger partial charge on any atom is 0.265 e. The lowest BCUT2D eigenvalue weighted by molar-refractivity contribution is -0.121. The van der Waals surface area contributed by atoms with Gasteiger partial charge in [0.1, 0.15) is 5.75 Å². The van der Waals surface area contributed by atoms with Gasteiger partial charge in [-0.05, 0) is 36.6 Å². The molecule has 1 N–H and O–H groups in total. The summed E-state index contributed by atoms with van der Waals surface area (Å²) >= 11 is 0. The molecule has 0 fully saturated rings. The van der Waals surface area contributed by atoms with E-state index in [-0.39, 0.29) is 12.5 Å². The first-order valence-electron chi connectivity index (χ1n) is 9.36. The lowest BCUT2D eigenvalue weighted by Gasteiger charge is -2.29. The van der Waals surface area contributed by atoms with Crippen LogP contribution in [0.2, 0.25) is 0 Å². The molecule has 0 radical (unpaired) electrons. The zero-order valence-corrected chi connectivity index (χ0v) is 15.5. The van der Waals surface area contributed by atoms with Crippen LogP contribution in [0.15, 0.2) is 53.5 Å². The Kier molecular flexibility index (Phi) is 4.96. The number of carbonyl (C=O) groups is 1. The van der Waals surface area contributed by atoms with E-state index >= 15 is 0 Å². The molecule has 2 aliphatic heterocycles. The number of anilines is 2. The number of nitrogens with one attached hydrogen (secondary N) is 1. The third-order valence-electron chi connectivity index (χ3n) is 5.00. The first-order chi connectivity index (χ1) is 13.3. The van der Waals surface area contributed by atoms with Crippen LogP contribution in [0.3, 0.4) is 0 Å². The molecule has 2 heterocycles. The van der Waals surface area contributed by atoms with Gasteiger partial charge in [-0.3, -0.25) is 9.79 Å². The molecule has 1 amide bonds. The summed E-state index contributed by atoms with van der Waals surface area (Å²) in [6.45, 7) is 2.45. The van der Waals surface area contributed by atoms with E-state index in [1.165, 1.54) is 11.3 Å². The SMILES string of the molecule is CN=C(NCCCN1C(=O)COc2ccccc21)N1CCc2ccccc21. The highest BCUT2D eigenvalue weighted by Crippen LogP contribution is 2.31. The number of hydrogen-bond acceptors (Lipinski definition) is 3. The Labute approximate surface area is 159 Å². The zero-order chi connectivity index (χ0) is 18.6. The Balaban J connectivity index is 1.34. The summed E-state index contributed by atoms with van der Waals surface area (Å²) < 4.78 is 5.50. The summed E-state index contributed by atoms with van der Waals surface area (Å²) in [6.07, 6.45) is 1.87. The number of aliphatic imine (C=N–C) groups is 1. The van der Waals surface area contributed by atoms with Crippen molar-refractivity contribution < 1.29 is 9.53 Å².